The number of ether oxygens (including phenoxy) is 3. The SMILES string of the molecule is C=COCC1CC2CC(COC=C)C1O2. The van der Waals surface area contributed by atoms with Gasteiger partial charge in [0.05, 0.1) is 37.9 Å². The topological polar surface area (TPSA) is 27.7 Å². The zero-order valence-electron chi connectivity index (χ0n) is 8.93. The van der Waals surface area contributed by atoms with Crippen molar-refractivity contribution in [3.05, 3.63) is 25.7 Å². The molecule has 2 aliphatic heterocycles. The molecule has 0 aliphatic carbocycles. The minimum absolute atomic E-state index is 0.301. The van der Waals surface area contributed by atoms with E-state index in [1.807, 2.05) is 0 Å². The molecule has 0 radical (unpaired) electrons. The molecule has 2 bridgehead atoms. The van der Waals surface area contributed by atoms with Crippen molar-refractivity contribution in [1.82, 2.24) is 0 Å². The summed E-state index contributed by atoms with van der Waals surface area (Å²) in [6.45, 7) is 8.54. The zero-order chi connectivity index (χ0) is 10.7. The predicted octanol–water partition coefficient (Wildman–Crippen LogP) is 2.10. The molecule has 2 aliphatic rings. The fourth-order valence-electron chi connectivity index (χ4n) is 2.69. The molecule has 0 saturated carbocycles. The van der Waals surface area contributed by atoms with E-state index in [9.17, 15) is 0 Å². The van der Waals surface area contributed by atoms with Crippen LogP contribution in [0, 0.1) is 11.8 Å². The van der Waals surface area contributed by atoms with Crippen LogP contribution in [-0.4, -0.2) is 25.4 Å². The van der Waals surface area contributed by atoms with Crippen molar-refractivity contribution in [2.75, 3.05) is 13.2 Å². The molecule has 2 fully saturated rings. The molecule has 0 N–H and O–H groups in total. The quantitative estimate of drug-likeness (QED) is 0.628. The summed E-state index contributed by atoms with van der Waals surface area (Å²) >= 11 is 0. The lowest BCUT2D eigenvalue weighted by Crippen LogP contribution is -2.31. The first-order valence-electron chi connectivity index (χ1n) is 5.45. The first-order chi connectivity index (χ1) is 7.35. The van der Waals surface area contributed by atoms with Crippen LogP contribution in [-0.2, 0) is 14.2 Å². The van der Waals surface area contributed by atoms with Crippen LogP contribution in [0.15, 0.2) is 25.7 Å². The molecule has 3 heteroatoms. The maximum Gasteiger partial charge on any atom is 0.0927 e. The van der Waals surface area contributed by atoms with Gasteiger partial charge in [-0.25, -0.2) is 0 Å². The first-order valence-corrected chi connectivity index (χ1v) is 5.45. The summed E-state index contributed by atoms with van der Waals surface area (Å²) in [5, 5.41) is 0. The summed E-state index contributed by atoms with van der Waals surface area (Å²) in [6, 6.07) is 0. The van der Waals surface area contributed by atoms with Crippen LogP contribution in [0.1, 0.15) is 12.8 Å². The van der Waals surface area contributed by atoms with Gasteiger partial charge in [0.1, 0.15) is 0 Å². The van der Waals surface area contributed by atoms with Gasteiger partial charge in [0.15, 0.2) is 0 Å². The predicted molar refractivity (Wildman–Crippen MR) is 57.2 cm³/mol. The Labute approximate surface area is 90.7 Å². The van der Waals surface area contributed by atoms with E-state index in [1.165, 1.54) is 12.5 Å². The number of hydrogen-bond acceptors (Lipinski definition) is 3. The van der Waals surface area contributed by atoms with Gasteiger partial charge >= 0.3 is 0 Å². The Morgan fingerprint density at radius 3 is 2.00 bits per heavy atom. The molecule has 0 amide bonds. The minimum Gasteiger partial charge on any atom is -0.501 e. The molecule has 0 aromatic heterocycles. The summed E-state index contributed by atoms with van der Waals surface area (Å²) in [4.78, 5) is 0. The summed E-state index contributed by atoms with van der Waals surface area (Å²) in [5.41, 5.74) is 0. The lowest BCUT2D eigenvalue weighted by molar-refractivity contribution is 0.0404. The maximum atomic E-state index is 5.86. The molecular weight excluding hydrogens is 192 g/mol. The molecule has 2 atom stereocenters. The number of hydrogen-bond donors (Lipinski definition) is 0. The number of fused-ring (bicyclic) bond motifs is 2. The van der Waals surface area contributed by atoms with E-state index in [-0.39, 0.29) is 0 Å². The summed E-state index contributed by atoms with van der Waals surface area (Å²) in [7, 11) is 0. The third kappa shape index (κ3) is 2.17. The van der Waals surface area contributed by atoms with E-state index in [1.54, 1.807) is 0 Å². The zero-order valence-corrected chi connectivity index (χ0v) is 8.93. The van der Waals surface area contributed by atoms with Crippen molar-refractivity contribution >= 4 is 0 Å². The average molecular weight is 210 g/mol. The van der Waals surface area contributed by atoms with Crippen molar-refractivity contribution in [3.63, 3.8) is 0 Å². The van der Waals surface area contributed by atoms with Gasteiger partial charge in [-0.15, -0.1) is 0 Å². The summed E-state index contributed by atoms with van der Waals surface area (Å²) in [6.07, 6.45) is 5.94. The van der Waals surface area contributed by atoms with Crippen molar-refractivity contribution in [2.24, 2.45) is 11.8 Å². The fourth-order valence-corrected chi connectivity index (χ4v) is 2.69. The van der Waals surface area contributed by atoms with E-state index in [2.05, 4.69) is 13.2 Å². The van der Waals surface area contributed by atoms with Crippen LogP contribution in [0.5, 0.6) is 0 Å². The van der Waals surface area contributed by atoms with Crippen LogP contribution in [0.25, 0.3) is 0 Å². The average Bonchev–Trinajstić information content (AvgIpc) is 2.82. The Morgan fingerprint density at radius 1 is 1.07 bits per heavy atom. The molecule has 0 aromatic carbocycles. The standard InChI is InChI=1S/C12H18O3/c1-3-13-7-9-5-11-6-10(8-14-4-2)12(9)15-11/h3-4,9-12H,1-2,5-8H2. The molecule has 3 nitrogen and oxygen atoms in total. The van der Waals surface area contributed by atoms with E-state index in [0.29, 0.717) is 24.0 Å². The Kier molecular flexibility index (Phi) is 3.31. The smallest absolute Gasteiger partial charge is 0.0927 e. The van der Waals surface area contributed by atoms with Crippen molar-refractivity contribution in [3.8, 4) is 0 Å². The van der Waals surface area contributed by atoms with Crippen LogP contribution in [0.3, 0.4) is 0 Å². The third-order valence-corrected chi connectivity index (χ3v) is 3.27. The maximum absolute atomic E-state index is 5.86. The van der Waals surface area contributed by atoms with Gasteiger partial charge in [-0.1, -0.05) is 13.2 Å². The monoisotopic (exact) mass is 210 g/mol. The Hall–Kier alpha value is -0.960. The normalized spacial score (nSPS) is 37.6. The third-order valence-electron chi connectivity index (χ3n) is 3.27. The molecule has 2 rings (SSSR count). The molecule has 15 heavy (non-hydrogen) atoms. The summed E-state index contributed by atoms with van der Waals surface area (Å²) in [5.74, 6) is 1.00. The molecule has 0 spiro atoms. The van der Waals surface area contributed by atoms with Crippen molar-refractivity contribution in [2.45, 2.75) is 25.0 Å². The van der Waals surface area contributed by atoms with Crippen LogP contribution in [0.2, 0.25) is 0 Å². The molecule has 2 unspecified atom stereocenters. The van der Waals surface area contributed by atoms with Gasteiger partial charge < -0.3 is 14.2 Å². The summed E-state index contributed by atoms with van der Waals surface area (Å²) < 4.78 is 16.4. The van der Waals surface area contributed by atoms with Gasteiger partial charge in [-0.05, 0) is 12.8 Å². The highest BCUT2D eigenvalue weighted by molar-refractivity contribution is 4.95. The molecule has 0 aromatic rings. The highest BCUT2D eigenvalue weighted by Crippen LogP contribution is 2.43. The Bertz CT molecular complexity index is 217. The highest BCUT2D eigenvalue weighted by Gasteiger charge is 2.47. The first kappa shape index (κ1) is 10.6. The van der Waals surface area contributed by atoms with Crippen molar-refractivity contribution in [1.29, 1.82) is 0 Å². The van der Waals surface area contributed by atoms with Gasteiger partial charge in [-0.3, -0.25) is 0 Å². The van der Waals surface area contributed by atoms with Crippen molar-refractivity contribution < 1.29 is 14.2 Å². The van der Waals surface area contributed by atoms with Crippen LogP contribution in [0.4, 0.5) is 0 Å². The lowest BCUT2D eigenvalue weighted by Gasteiger charge is -2.25. The molecule has 84 valence electrons. The molecule has 2 heterocycles. The fraction of sp³-hybridized carbons (Fsp3) is 0.667. The van der Waals surface area contributed by atoms with Crippen LogP contribution >= 0.6 is 0 Å². The van der Waals surface area contributed by atoms with E-state index < -0.39 is 0 Å². The van der Waals surface area contributed by atoms with Gasteiger partial charge in [-0.2, -0.15) is 0 Å². The second-order valence-corrected chi connectivity index (χ2v) is 4.21. The highest BCUT2D eigenvalue weighted by atomic mass is 16.5. The minimum atomic E-state index is 0.301. The van der Waals surface area contributed by atoms with Crippen LogP contribution < -0.4 is 0 Å². The lowest BCUT2D eigenvalue weighted by atomic mass is 9.82. The Balaban J connectivity index is 1.84. The second-order valence-electron chi connectivity index (χ2n) is 4.21. The largest absolute Gasteiger partial charge is 0.501 e. The van der Waals surface area contributed by atoms with E-state index in [4.69, 9.17) is 14.2 Å². The Morgan fingerprint density at radius 2 is 1.60 bits per heavy atom. The van der Waals surface area contributed by atoms with Gasteiger partial charge in [0.25, 0.3) is 0 Å². The van der Waals surface area contributed by atoms with Gasteiger partial charge in [0, 0.05) is 11.8 Å². The van der Waals surface area contributed by atoms with E-state index in [0.717, 1.165) is 26.1 Å². The second kappa shape index (κ2) is 4.71. The molecule has 2 saturated heterocycles. The number of rotatable bonds is 6. The van der Waals surface area contributed by atoms with Gasteiger partial charge in [0.2, 0.25) is 0 Å². The molecular formula is C12H18O3. The van der Waals surface area contributed by atoms with E-state index >= 15 is 0 Å².